The fraction of sp³-hybridized carbons (Fsp3) is 0.533. The van der Waals surface area contributed by atoms with Gasteiger partial charge in [0.05, 0.1) is 11.3 Å². The first-order valence-corrected chi connectivity index (χ1v) is 7.58. The molecule has 1 fully saturated rings. The van der Waals surface area contributed by atoms with Crippen molar-refractivity contribution in [2.45, 2.75) is 29.9 Å². The summed E-state index contributed by atoms with van der Waals surface area (Å²) in [6.45, 7) is -2.95. The number of rotatable bonds is 4. The molecule has 0 aromatic heterocycles. The van der Waals surface area contributed by atoms with Gasteiger partial charge in [0.1, 0.15) is 24.7 Å². The summed E-state index contributed by atoms with van der Waals surface area (Å²) in [4.78, 5) is 13.8. The van der Waals surface area contributed by atoms with Gasteiger partial charge in [0.25, 0.3) is 17.6 Å². The first kappa shape index (κ1) is 18.3. The Morgan fingerprint density at radius 1 is 1.35 bits per heavy atom. The lowest BCUT2D eigenvalue weighted by Crippen LogP contribution is -2.57. The van der Waals surface area contributed by atoms with Crippen LogP contribution in [-0.4, -0.2) is 35.8 Å². The Balaban J connectivity index is 2.26. The highest BCUT2D eigenvalue weighted by Gasteiger charge is 2.68. The summed E-state index contributed by atoms with van der Waals surface area (Å²) in [6, 6.07) is 1.47. The standard InChI is InChI=1S/C15H14F5N3O3/c16-6-13-5-14(19,20)4-11(13)15(7-17,22-12(21)26-13)9-3-8(23(24)25)1-2-10(9)18/h1-3,11H,4-7H2,(H2,21,22). The summed E-state index contributed by atoms with van der Waals surface area (Å²) in [5, 5.41) is 11.0. The lowest BCUT2D eigenvalue weighted by Gasteiger charge is -2.45. The smallest absolute Gasteiger partial charge is 0.283 e. The Morgan fingerprint density at radius 2 is 2.04 bits per heavy atom. The Kier molecular flexibility index (Phi) is 4.08. The zero-order chi connectivity index (χ0) is 19.3. The Morgan fingerprint density at radius 3 is 2.62 bits per heavy atom. The number of nitrogens with two attached hydrogens (primary N) is 1. The van der Waals surface area contributed by atoms with Crippen molar-refractivity contribution in [1.29, 1.82) is 0 Å². The number of amidine groups is 1. The van der Waals surface area contributed by atoms with E-state index in [4.69, 9.17) is 10.5 Å². The molecule has 6 nitrogen and oxygen atoms in total. The molecule has 1 aliphatic carbocycles. The van der Waals surface area contributed by atoms with Crippen LogP contribution in [0.4, 0.5) is 27.6 Å². The monoisotopic (exact) mass is 379 g/mol. The van der Waals surface area contributed by atoms with Crippen LogP contribution in [0.15, 0.2) is 23.2 Å². The minimum Gasteiger partial charge on any atom is -0.455 e. The molecule has 0 spiro atoms. The fourth-order valence-electron chi connectivity index (χ4n) is 3.90. The molecule has 2 aliphatic rings. The van der Waals surface area contributed by atoms with E-state index < -0.39 is 77.2 Å². The molecule has 26 heavy (non-hydrogen) atoms. The van der Waals surface area contributed by atoms with Crippen molar-refractivity contribution in [1.82, 2.24) is 0 Å². The number of benzene rings is 1. The first-order chi connectivity index (χ1) is 12.1. The van der Waals surface area contributed by atoms with Gasteiger partial charge in [-0.25, -0.2) is 26.9 Å². The SMILES string of the molecule is NC1=NC(CF)(c2cc([N+](=O)[O-])ccc2F)C2CC(F)(F)CC2(CF)O1. The number of nitro benzene ring substituents is 1. The van der Waals surface area contributed by atoms with Crippen molar-refractivity contribution < 1.29 is 31.6 Å². The van der Waals surface area contributed by atoms with Crippen LogP contribution < -0.4 is 5.73 Å². The summed E-state index contributed by atoms with van der Waals surface area (Å²) in [7, 11) is 0. The van der Waals surface area contributed by atoms with E-state index in [2.05, 4.69) is 4.99 Å². The van der Waals surface area contributed by atoms with E-state index in [-0.39, 0.29) is 0 Å². The molecule has 3 atom stereocenters. The normalized spacial score (nSPS) is 32.5. The lowest BCUT2D eigenvalue weighted by molar-refractivity contribution is -0.385. The second kappa shape index (κ2) is 5.78. The number of alkyl halides is 4. The quantitative estimate of drug-likeness (QED) is 0.495. The average molecular weight is 379 g/mol. The largest absolute Gasteiger partial charge is 0.455 e. The first-order valence-electron chi connectivity index (χ1n) is 7.58. The van der Waals surface area contributed by atoms with Crippen molar-refractivity contribution in [2.75, 3.05) is 13.3 Å². The molecule has 1 aromatic carbocycles. The van der Waals surface area contributed by atoms with E-state index in [9.17, 15) is 32.1 Å². The fourth-order valence-corrected chi connectivity index (χ4v) is 3.90. The van der Waals surface area contributed by atoms with Gasteiger partial charge < -0.3 is 10.5 Å². The van der Waals surface area contributed by atoms with Crippen molar-refractivity contribution in [3.8, 4) is 0 Å². The predicted molar refractivity (Wildman–Crippen MR) is 79.8 cm³/mol. The van der Waals surface area contributed by atoms with Crippen LogP contribution in [0.1, 0.15) is 18.4 Å². The van der Waals surface area contributed by atoms with Gasteiger partial charge in [0, 0.05) is 30.0 Å². The number of halogens is 5. The third-order valence-corrected chi connectivity index (χ3v) is 4.95. The lowest BCUT2D eigenvalue weighted by atomic mass is 9.71. The molecular weight excluding hydrogens is 365 g/mol. The van der Waals surface area contributed by atoms with Crippen LogP contribution in [0.25, 0.3) is 0 Å². The Labute approximate surface area is 144 Å². The molecule has 0 bridgehead atoms. The van der Waals surface area contributed by atoms with Gasteiger partial charge in [0.15, 0.2) is 5.60 Å². The number of non-ortho nitro benzene ring substituents is 1. The van der Waals surface area contributed by atoms with Crippen LogP contribution in [0.3, 0.4) is 0 Å². The van der Waals surface area contributed by atoms with Gasteiger partial charge in [0.2, 0.25) is 0 Å². The molecule has 0 amide bonds. The van der Waals surface area contributed by atoms with Crippen LogP contribution in [-0.2, 0) is 10.3 Å². The topological polar surface area (TPSA) is 90.8 Å². The van der Waals surface area contributed by atoms with Crippen molar-refractivity contribution >= 4 is 11.7 Å². The Bertz CT molecular complexity index is 790. The zero-order valence-corrected chi connectivity index (χ0v) is 13.2. The molecule has 2 N–H and O–H groups in total. The number of hydrogen-bond acceptors (Lipinski definition) is 5. The highest BCUT2D eigenvalue weighted by atomic mass is 19.3. The number of hydrogen-bond donors (Lipinski definition) is 1. The number of aliphatic imine (C=N–C) groups is 1. The molecule has 142 valence electrons. The van der Waals surface area contributed by atoms with Gasteiger partial charge in [-0.05, 0) is 6.07 Å². The average Bonchev–Trinajstić information content (AvgIpc) is 2.85. The third-order valence-electron chi connectivity index (χ3n) is 4.95. The summed E-state index contributed by atoms with van der Waals surface area (Å²) < 4.78 is 75.5. The van der Waals surface area contributed by atoms with E-state index in [0.717, 1.165) is 6.07 Å². The molecular formula is C15H14F5N3O3. The zero-order valence-electron chi connectivity index (χ0n) is 13.2. The molecule has 0 radical (unpaired) electrons. The van der Waals surface area contributed by atoms with Crippen molar-refractivity contribution in [2.24, 2.45) is 16.6 Å². The van der Waals surface area contributed by atoms with Crippen LogP contribution in [0.2, 0.25) is 0 Å². The maximum Gasteiger partial charge on any atom is 0.283 e. The number of fused-ring (bicyclic) bond motifs is 1. The third kappa shape index (κ3) is 2.56. The van der Waals surface area contributed by atoms with Gasteiger partial charge in [-0.3, -0.25) is 10.1 Å². The molecule has 1 aliphatic heterocycles. The van der Waals surface area contributed by atoms with E-state index in [1.807, 2.05) is 0 Å². The van der Waals surface area contributed by atoms with Gasteiger partial charge in [-0.1, -0.05) is 0 Å². The molecule has 1 saturated carbocycles. The number of nitrogens with zero attached hydrogens (tertiary/aromatic N) is 2. The van der Waals surface area contributed by atoms with Crippen LogP contribution in [0.5, 0.6) is 0 Å². The summed E-state index contributed by atoms with van der Waals surface area (Å²) in [5.41, 5.74) is -0.313. The van der Waals surface area contributed by atoms with Gasteiger partial charge in [-0.2, -0.15) is 0 Å². The van der Waals surface area contributed by atoms with Crippen LogP contribution >= 0.6 is 0 Å². The molecule has 1 heterocycles. The van der Waals surface area contributed by atoms with E-state index in [1.165, 1.54) is 0 Å². The van der Waals surface area contributed by atoms with Crippen molar-refractivity contribution in [3.63, 3.8) is 0 Å². The Hall–Kier alpha value is -2.46. The molecule has 1 aromatic rings. The molecule has 3 rings (SSSR count). The second-order valence-corrected chi connectivity index (χ2v) is 6.52. The van der Waals surface area contributed by atoms with E-state index in [0.29, 0.717) is 12.1 Å². The minimum absolute atomic E-state index is 0.593. The maximum atomic E-state index is 14.4. The summed E-state index contributed by atoms with van der Waals surface area (Å²) in [5.74, 6) is -6.13. The van der Waals surface area contributed by atoms with Crippen LogP contribution in [0, 0.1) is 21.8 Å². The summed E-state index contributed by atoms with van der Waals surface area (Å²) in [6.07, 6.45) is -2.12. The molecule has 3 unspecified atom stereocenters. The number of ether oxygens (including phenoxy) is 1. The molecule has 11 heteroatoms. The minimum atomic E-state index is -3.42. The highest BCUT2D eigenvalue weighted by Crippen LogP contribution is 2.58. The molecule has 0 saturated heterocycles. The van der Waals surface area contributed by atoms with Gasteiger partial charge in [-0.15, -0.1) is 0 Å². The number of nitro groups is 1. The predicted octanol–water partition coefficient (Wildman–Crippen LogP) is 3.00. The second-order valence-electron chi connectivity index (χ2n) is 6.52. The van der Waals surface area contributed by atoms with E-state index in [1.54, 1.807) is 0 Å². The van der Waals surface area contributed by atoms with E-state index >= 15 is 0 Å². The summed E-state index contributed by atoms with van der Waals surface area (Å²) >= 11 is 0. The van der Waals surface area contributed by atoms with Crippen molar-refractivity contribution in [3.05, 3.63) is 39.7 Å². The van der Waals surface area contributed by atoms with Gasteiger partial charge >= 0.3 is 0 Å². The maximum absolute atomic E-state index is 14.4. The highest BCUT2D eigenvalue weighted by molar-refractivity contribution is 5.74.